The normalized spacial score (nSPS) is 40.3. The number of hydrogen-bond acceptors (Lipinski definition) is 6. The van der Waals surface area contributed by atoms with Gasteiger partial charge in [0.2, 0.25) is 5.91 Å². The molecule has 1 amide bonds. The number of aromatic nitrogens is 1. The summed E-state index contributed by atoms with van der Waals surface area (Å²) < 4.78 is 0. The number of anilines is 1. The molecule has 0 aliphatic heterocycles. The van der Waals surface area contributed by atoms with Gasteiger partial charge in [-0.3, -0.25) is 19.2 Å². The van der Waals surface area contributed by atoms with Crippen molar-refractivity contribution in [2.24, 2.45) is 46.3 Å². The maximum atomic E-state index is 13.8. The lowest BCUT2D eigenvalue weighted by molar-refractivity contribution is -0.166. The quantitative estimate of drug-likeness (QED) is 0.629. The van der Waals surface area contributed by atoms with Crippen LogP contribution in [0.1, 0.15) is 78.6 Å². The van der Waals surface area contributed by atoms with Crippen molar-refractivity contribution < 1.29 is 19.2 Å². The van der Waals surface area contributed by atoms with Crippen molar-refractivity contribution in [2.75, 3.05) is 5.32 Å². The second-order valence-corrected chi connectivity index (χ2v) is 12.7. The highest BCUT2D eigenvalue weighted by Gasteiger charge is 2.66. The van der Waals surface area contributed by atoms with Crippen LogP contribution in [0.3, 0.4) is 0 Å². The van der Waals surface area contributed by atoms with Crippen molar-refractivity contribution in [1.82, 2.24) is 4.98 Å². The number of fused-ring (bicyclic) bond motifs is 5. The van der Waals surface area contributed by atoms with Crippen LogP contribution in [0.2, 0.25) is 0 Å². The van der Waals surface area contributed by atoms with Crippen LogP contribution in [-0.2, 0) is 19.2 Å². The van der Waals surface area contributed by atoms with Crippen LogP contribution in [0.25, 0.3) is 0 Å². The van der Waals surface area contributed by atoms with E-state index in [1.54, 1.807) is 6.20 Å². The summed E-state index contributed by atoms with van der Waals surface area (Å²) in [6.07, 6.45) is 7.53. The molecule has 1 heterocycles. The maximum Gasteiger partial charge on any atom is 0.226 e. The molecule has 6 nitrogen and oxygen atoms in total. The molecule has 0 unspecified atom stereocenters. The summed E-state index contributed by atoms with van der Waals surface area (Å²) in [5.41, 5.74) is -0.573. The number of amides is 1. The molecule has 0 saturated heterocycles. The van der Waals surface area contributed by atoms with E-state index in [0.717, 1.165) is 25.7 Å². The monoisotopic (exact) mass is 484 g/mol. The minimum Gasteiger partial charge on any atom is -0.302 e. The molecule has 34 heavy (non-hydrogen) atoms. The minimum atomic E-state index is -0.490. The number of hydrogen-bond donors (Lipinski definition) is 1. The van der Waals surface area contributed by atoms with Gasteiger partial charge in [0.1, 0.15) is 17.3 Å². The predicted octanol–water partition coefficient (Wildman–Crippen LogP) is 5.08. The average Bonchev–Trinajstić information content (AvgIpc) is 3.42. The van der Waals surface area contributed by atoms with Crippen LogP contribution < -0.4 is 5.32 Å². The van der Waals surface area contributed by atoms with Crippen molar-refractivity contribution >= 4 is 39.7 Å². The van der Waals surface area contributed by atoms with Crippen LogP contribution in [-0.4, -0.2) is 28.2 Å². The summed E-state index contributed by atoms with van der Waals surface area (Å²) in [4.78, 5) is 56.0. The Kier molecular flexibility index (Phi) is 6.06. The van der Waals surface area contributed by atoms with E-state index in [4.69, 9.17) is 0 Å². The van der Waals surface area contributed by atoms with E-state index >= 15 is 0 Å². The summed E-state index contributed by atoms with van der Waals surface area (Å²) in [6.45, 7) is 6.54. The molecule has 0 aromatic carbocycles. The van der Waals surface area contributed by atoms with Crippen molar-refractivity contribution in [2.45, 2.75) is 78.6 Å². The Balaban J connectivity index is 1.32. The van der Waals surface area contributed by atoms with E-state index in [1.165, 1.54) is 11.3 Å². The van der Waals surface area contributed by atoms with Gasteiger partial charge in [-0.05, 0) is 60.7 Å². The van der Waals surface area contributed by atoms with Gasteiger partial charge < -0.3 is 5.32 Å². The Bertz CT molecular complexity index is 1010. The van der Waals surface area contributed by atoms with Gasteiger partial charge in [-0.15, -0.1) is 11.3 Å². The van der Waals surface area contributed by atoms with E-state index in [2.05, 4.69) is 31.1 Å². The van der Waals surface area contributed by atoms with Gasteiger partial charge in [-0.2, -0.15) is 0 Å². The van der Waals surface area contributed by atoms with Crippen molar-refractivity contribution in [1.29, 1.82) is 0 Å². The number of Topliss-reactive ketones (excluding diaryl/α,β-unsaturated/α-hetero) is 3. The third-order valence-electron chi connectivity index (χ3n) is 10.4. The first-order chi connectivity index (χ1) is 16.1. The Morgan fingerprint density at radius 3 is 2.71 bits per heavy atom. The van der Waals surface area contributed by atoms with E-state index < -0.39 is 5.41 Å². The summed E-state index contributed by atoms with van der Waals surface area (Å²) >= 11 is 1.41. The summed E-state index contributed by atoms with van der Waals surface area (Å²) in [5.74, 6) is 1.49. The maximum absolute atomic E-state index is 13.8. The minimum absolute atomic E-state index is 0.0372. The fourth-order valence-electron chi connectivity index (χ4n) is 8.42. The first-order valence-corrected chi connectivity index (χ1v) is 13.8. The summed E-state index contributed by atoms with van der Waals surface area (Å²) in [6, 6.07) is 0. The molecule has 7 heteroatoms. The lowest BCUT2D eigenvalue weighted by atomic mass is 9.44. The number of thiazole rings is 1. The van der Waals surface area contributed by atoms with Crippen molar-refractivity contribution in [3.05, 3.63) is 11.6 Å². The van der Waals surface area contributed by atoms with Gasteiger partial charge >= 0.3 is 0 Å². The van der Waals surface area contributed by atoms with E-state index in [1.807, 2.05) is 5.38 Å². The smallest absolute Gasteiger partial charge is 0.226 e. The molecule has 184 valence electrons. The number of nitrogens with one attached hydrogen (secondary N) is 1. The fraction of sp³-hybridized carbons (Fsp3) is 0.741. The van der Waals surface area contributed by atoms with Gasteiger partial charge in [0.25, 0.3) is 0 Å². The second kappa shape index (κ2) is 8.65. The van der Waals surface area contributed by atoms with Crippen molar-refractivity contribution in [3.63, 3.8) is 0 Å². The molecular formula is C27H36N2O4S. The molecule has 0 bridgehead atoms. The molecule has 1 aromatic rings. The third kappa shape index (κ3) is 3.69. The molecule has 0 spiro atoms. The molecule has 4 fully saturated rings. The number of nitrogens with zero attached hydrogens (tertiary/aromatic N) is 1. The topological polar surface area (TPSA) is 93.2 Å². The Labute approximate surface area is 205 Å². The highest BCUT2D eigenvalue weighted by atomic mass is 32.1. The first kappa shape index (κ1) is 23.8. The van der Waals surface area contributed by atoms with Crippen molar-refractivity contribution in [3.8, 4) is 0 Å². The number of carbonyl (C=O) groups excluding carboxylic acids is 4. The van der Waals surface area contributed by atoms with Gasteiger partial charge in [0, 0.05) is 55.0 Å². The predicted molar refractivity (Wildman–Crippen MR) is 130 cm³/mol. The van der Waals surface area contributed by atoms with Gasteiger partial charge in [0.15, 0.2) is 5.13 Å². The first-order valence-electron chi connectivity index (χ1n) is 12.9. The van der Waals surface area contributed by atoms with E-state index in [0.29, 0.717) is 48.8 Å². The van der Waals surface area contributed by atoms with Gasteiger partial charge in [0.05, 0.1) is 0 Å². The highest BCUT2D eigenvalue weighted by Crippen LogP contribution is 2.66. The third-order valence-corrected chi connectivity index (χ3v) is 11.1. The number of rotatable bonds is 5. The van der Waals surface area contributed by atoms with Crippen LogP contribution in [0, 0.1) is 46.3 Å². The van der Waals surface area contributed by atoms with Crippen LogP contribution >= 0.6 is 11.3 Å². The molecule has 0 radical (unpaired) electrons. The Morgan fingerprint density at radius 2 is 1.97 bits per heavy atom. The average molecular weight is 485 g/mol. The molecule has 4 saturated carbocycles. The Morgan fingerprint density at radius 1 is 1.18 bits per heavy atom. The zero-order valence-electron chi connectivity index (χ0n) is 20.5. The molecule has 5 rings (SSSR count). The lowest BCUT2D eigenvalue weighted by Crippen LogP contribution is -2.60. The molecule has 4 aliphatic carbocycles. The fourth-order valence-corrected chi connectivity index (χ4v) is 8.96. The summed E-state index contributed by atoms with van der Waals surface area (Å²) in [5, 5.41) is 5.30. The summed E-state index contributed by atoms with van der Waals surface area (Å²) in [7, 11) is 0. The van der Waals surface area contributed by atoms with Crippen LogP contribution in [0.15, 0.2) is 11.6 Å². The molecule has 1 aromatic heterocycles. The molecule has 8 atom stereocenters. The Hall–Kier alpha value is -1.89. The standard InChI is InChI=1S/C27H36N2O4S/c1-15(4-7-23(33)29-25-28-10-11-34-25)18-5-6-19-24-20(14-22(32)27(18,19)3)26(2)9-8-17(30)12-16(26)13-21(24)31/h10-11,15-16,18-20,24H,4-9,12-14H2,1-3H3,(H,28,29,33)/t15-,16+,18-,19+,20+,24+,26+,27-/m1/s1. The molecule has 4 aliphatic rings. The molecular weight excluding hydrogens is 448 g/mol. The number of ketones is 3. The van der Waals surface area contributed by atoms with E-state index in [-0.39, 0.29) is 52.6 Å². The SMILES string of the molecule is C[C@H](CCC(=O)Nc1nccs1)[C@H]1CC[C@H]2[C@@H]3C(=O)C[C@@H]4CC(=O)CC[C@]4(C)[C@H]3CC(=O)[C@]12C. The zero-order valence-corrected chi connectivity index (χ0v) is 21.3. The molecule has 1 N–H and O–H groups in total. The largest absolute Gasteiger partial charge is 0.302 e. The van der Waals surface area contributed by atoms with Crippen LogP contribution in [0.4, 0.5) is 5.13 Å². The zero-order chi connectivity index (χ0) is 24.3. The second-order valence-electron chi connectivity index (χ2n) is 11.8. The van der Waals surface area contributed by atoms with Gasteiger partial charge in [-0.25, -0.2) is 4.98 Å². The lowest BCUT2D eigenvalue weighted by Gasteiger charge is -2.58. The van der Waals surface area contributed by atoms with E-state index in [9.17, 15) is 19.2 Å². The van der Waals surface area contributed by atoms with Gasteiger partial charge in [-0.1, -0.05) is 20.8 Å². The van der Waals surface area contributed by atoms with Crippen LogP contribution in [0.5, 0.6) is 0 Å². The number of carbonyl (C=O) groups is 4. The highest BCUT2D eigenvalue weighted by molar-refractivity contribution is 7.13.